The first-order valence-electron chi connectivity index (χ1n) is 13.8. The molecule has 1 unspecified atom stereocenters. The highest BCUT2D eigenvalue weighted by atomic mass is 32.1. The van der Waals surface area contributed by atoms with Crippen LogP contribution in [-0.4, -0.2) is 23.0 Å². The first-order chi connectivity index (χ1) is 20.5. The molecule has 210 valence electrons. The number of ether oxygens (including phenoxy) is 3. The predicted octanol–water partition coefficient (Wildman–Crippen LogP) is 8.48. The Balaban J connectivity index is 1.19. The van der Waals surface area contributed by atoms with E-state index in [9.17, 15) is 4.79 Å². The van der Waals surface area contributed by atoms with Gasteiger partial charge in [0.2, 0.25) is 0 Å². The van der Waals surface area contributed by atoms with E-state index in [2.05, 4.69) is 42.2 Å². The van der Waals surface area contributed by atoms with Gasteiger partial charge in [-0.1, -0.05) is 78.9 Å². The van der Waals surface area contributed by atoms with Gasteiger partial charge in [-0.3, -0.25) is 4.79 Å². The van der Waals surface area contributed by atoms with Crippen molar-refractivity contribution >= 4 is 38.4 Å². The second kappa shape index (κ2) is 12.0. The summed E-state index contributed by atoms with van der Waals surface area (Å²) in [6.07, 6.45) is 0.877. The van der Waals surface area contributed by atoms with E-state index in [1.54, 1.807) is 0 Å². The molecule has 0 radical (unpaired) electrons. The molecule has 0 fully saturated rings. The van der Waals surface area contributed by atoms with Crippen molar-refractivity contribution in [2.45, 2.75) is 31.8 Å². The number of hydrogen-bond acceptors (Lipinski definition) is 7. The first-order valence-corrected chi connectivity index (χ1v) is 14.6. The third kappa shape index (κ3) is 5.97. The van der Waals surface area contributed by atoms with Crippen LogP contribution in [0.3, 0.4) is 0 Å². The average molecular weight is 575 g/mol. The molecule has 42 heavy (non-hydrogen) atoms. The molecule has 7 heteroatoms. The van der Waals surface area contributed by atoms with Crippen LogP contribution in [0.4, 0.5) is 0 Å². The molecule has 1 atom stereocenters. The summed E-state index contributed by atoms with van der Waals surface area (Å²) < 4.78 is 18.2. The summed E-state index contributed by atoms with van der Waals surface area (Å²) in [6.45, 7) is 2.52. The molecule has 0 N–H and O–H groups in total. The van der Waals surface area contributed by atoms with Gasteiger partial charge < -0.3 is 14.2 Å². The molecule has 4 aromatic carbocycles. The SMILES string of the molecule is COC(=O)CCC(C)(c1ccc(OCc2ccc3ccccc3n2)cc1)c1ccc(Oc2nc3ccccc3s2)cc1. The van der Waals surface area contributed by atoms with Crippen molar-refractivity contribution in [3.8, 4) is 16.7 Å². The third-order valence-corrected chi connectivity index (χ3v) is 8.48. The van der Waals surface area contributed by atoms with E-state index in [0.29, 0.717) is 30.4 Å². The lowest BCUT2D eigenvalue weighted by atomic mass is 9.73. The number of methoxy groups -OCH3 is 1. The zero-order chi connectivity index (χ0) is 28.9. The monoisotopic (exact) mass is 574 g/mol. The van der Waals surface area contributed by atoms with E-state index >= 15 is 0 Å². The van der Waals surface area contributed by atoms with Crippen LogP contribution in [-0.2, 0) is 21.6 Å². The number of rotatable bonds is 10. The number of thiazole rings is 1. The second-order valence-electron chi connectivity index (χ2n) is 10.3. The van der Waals surface area contributed by atoms with Crippen LogP contribution in [0.25, 0.3) is 21.1 Å². The molecule has 2 heterocycles. The summed E-state index contributed by atoms with van der Waals surface area (Å²) in [5.41, 5.74) is 4.44. The van der Waals surface area contributed by atoms with Crippen LogP contribution >= 0.6 is 11.3 Å². The fourth-order valence-electron chi connectivity index (χ4n) is 5.06. The average Bonchev–Trinajstić information content (AvgIpc) is 3.45. The van der Waals surface area contributed by atoms with Gasteiger partial charge in [-0.25, -0.2) is 9.97 Å². The molecule has 6 rings (SSSR count). The molecule has 0 aliphatic heterocycles. The third-order valence-electron chi connectivity index (χ3n) is 7.56. The summed E-state index contributed by atoms with van der Waals surface area (Å²) >= 11 is 1.52. The van der Waals surface area contributed by atoms with Crippen molar-refractivity contribution in [2.75, 3.05) is 7.11 Å². The molecule has 6 nitrogen and oxygen atoms in total. The van der Waals surface area contributed by atoms with Gasteiger partial charge >= 0.3 is 5.97 Å². The van der Waals surface area contributed by atoms with E-state index < -0.39 is 5.41 Å². The van der Waals surface area contributed by atoms with E-state index in [0.717, 1.165) is 43.7 Å². The van der Waals surface area contributed by atoms with Crippen LogP contribution in [0.5, 0.6) is 16.7 Å². The molecular formula is C35H30N2O4S. The quantitative estimate of drug-likeness (QED) is 0.153. The Morgan fingerprint density at radius 2 is 1.43 bits per heavy atom. The number of benzene rings is 4. The van der Waals surface area contributed by atoms with Crippen molar-refractivity contribution in [1.29, 1.82) is 0 Å². The molecule has 0 aliphatic carbocycles. The lowest BCUT2D eigenvalue weighted by Crippen LogP contribution is -2.25. The Kier molecular flexibility index (Phi) is 7.84. The van der Waals surface area contributed by atoms with Crippen LogP contribution < -0.4 is 9.47 Å². The maximum Gasteiger partial charge on any atom is 0.305 e. The number of carbonyl (C=O) groups excluding carboxylic acids is 1. The van der Waals surface area contributed by atoms with E-state index in [4.69, 9.17) is 19.2 Å². The number of fused-ring (bicyclic) bond motifs is 2. The van der Waals surface area contributed by atoms with E-state index in [1.807, 2.05) is 78.9 Å². The molecule has 2 aromatic heterocycles. The van der Waals surface area contributed by atoms with Gasteiger partial charge in [-0.2, -0.15) is 0 Å². The minimum Gasteiger partial charge on any atom is -0.487 e. The molecule has 0 bridgehead atoms. The maximum atomic E-state index is 12.1. The summed E-state index contributed by atoms with van der Waals surface area (Å²) in [5.74, 6) is 1.22. The van der Waals surface area contributed by atoms with Gasteiger partial charge in [-0.05, 0) is 66.1 Å². The predicted molar refractivity (Wildman–Crippen MR) is 166 cm³/mol. The zero-order valence-corrected chi connectivity index (χ0v) is 24.3. The number of para-hydroxylation sites is 2. The van der Waals surface area contributed by atoms with Gasteiger partial charge in [0.1, 0.15) is 18.1 Å². The number of esters is 1. The van der Waals surface area contributed by atoms with Crippen LogP contribution in [0.2, 0.25) is 0 Å². The molecular weight excluding hydrogens is 544 g/mol. The van der Waals surface area contributed by atoms with Crippen LogP contribution in [0.15, 0.2) is 109 Å². The summed E-state index contributed by atoms with van der Waals surface area (Å²) in [5, 5.41) is 1.71. The van der Waals surface area contributed by atoms with Crippen molar-refractivity contribution in [3.05, 3.63) is 126 Å². The molecule has 0 saturated heterocycles. The molecule has 0 saturated carbocycles. The number of nitrogens with zero attached hydrogens (tertiary/aromatic N) is 2. The van der Waals surface area contributed by atoms with E-state index in [1.165, 1.54) is 18.4 Å². The van der Waals surface area contributed by atoms with Gasteiger partial charge in [0.25, 0.3) is 5.19 Å². The summed E-state index contributed by atoms with van der Waals surface area (Å²) in [6, 6.07) is 36.1. The summed E-state index contributed by atoms with van der Waals surface area (Å²) in [7, 11) is 1.42. The van der Waals surface area contributed by atoms with Crippen molar-refractivity contribution in [1.82, 2.24) is 9.97 Å². The van der Waals surface area contributed by atoms with Gasteiger partial charge in [0.15, 0.2) is 0 Å². The Morgan fingerprint density at radius 3 is 2.14 bits per heavy atom. The Bertz CT molecular complexity index is 1800. The van der Waals surface area contributed by atoms with Gasteiger partial charge in [0.05, 0.1) is 28.5 Å². The standard InChI is InChI=1S/C35H30N2O4S/c1-35(22-21-33(38)39-2,26-14-19-29(20-15-26)41-34-37-31-9-5-6-10-32(31)42-34)25-12-17-28(18-13-25)40-23-27-16-11-24-7-3-4-8-30(24)36-27/h3-20H,21-23H2,1-2H3. The molecule has 0 aliphatic rings. The highest BCUT2D eigenvalue weighted by Gasteiger charge is 2.30. The number of carbonyl (C=O) groups is 1. The largest absolute Gasteiger partial charge is 0.487 e. The molecule has 0 amide bonds. The highest BCUT2D eigenvalue weighted by molar-refractivity contribution is 7.20. The number of aromatic nitrogens is 2. The number of hydrogen-bond donors (Lipinski definition) is 0. The normalized spacial score (nSPS) is 12.6. The Hall–Kier alpha value is -4.75. The minimum absolute atomic E-state index is 0.236. The van der Waals surface area contributed by atoms with Crippen LogP contribution in [0, 0.1) is 0 Å². The highest BCUT2D eigenvalue weighted by Crippen LogP contribution is 2.39. The molecule has 0 spiro atoms. The van der Waals surface area contributed by atoms with Crippen molar-refractivity contribution in [3.63, 3.8) is 0 Å². The smallest absolute Gasteiger partial charge is 0.305 e. The van der Waals surface area contributed by atoms with Crippen molar-refractivity contribution in [2.24, 2.45) is 0 Å². The Morgan fingerprint density at radius 1 is 0.762 bits per heavy atom. The minimum atomic E-state index is -0.443. The Labute approximate surface area is 248 Å². The molecule has 6 aromatic rings. The maximum absolute atomic E-state index is 12.1. The zero-order valence-electron chi connectivity index (χ0n) is 23.4. The lowest BCUT2D eigenvalue weighted by molar-refractivity contribution is -0.140. The van der Waals surface area contributed by atoms with E-state index in [-0.39, 0.29) is 5.97 Å². The summed E-state index contributed by atoms with van der Waals surface area (Å²) in [4.78, 5) is 21.4. The lowest BCUT2D eigenvalue weighted by Gasteiger charge is -2.31. The fourth-order valence-corrected chi connectivity index (χ4v) is 5.90. The van der Waals surface area contributed by atoms with Crippen LogP contribution in [0.1, 0.15) is 36.6 Å². The van der Waals surface area contributed by atoms with Gasteiger partial charge in [-0.15, -0.1) is 0 Å². The topological polar surface area (TPSA) is 70.5 Å². The fraction of sp³-hybridized carbons (Fsp3) is 0.171. The van der Waals surface area contributed by atoms with Crippen molar-refractivity contribution < 1.29 is 19.0 Å². The second-order valence-corrected chi connectivity index (χ2v) is 11.3. The first kappa shape index (κ1) is 27.4. The van der Waals surface area contributed by atoms with Gasteiger partial charge in [0, 0.05) is 17.2 Å². The number of pyridine rings is 1.